The first-order chi connectivity index (χ1) is 16.3. The van der Waals surface area contributed by atoms with Gasteiger partial charge in [0, 0.05) is 6.61 Å². The van der Waals surface area contributed by atoms with E-state index in [0.29, 0.717) is 12.5 Å². The molecule has 0 aliphatic heterocycles. The van der Waals surface area contributed by atoms with Crippen LogP contribution in [0.3, 0.4) is 0 Å². The Morgan fingerprint density at radius 3 is 2.26 bits per heavy atom. The van der Waals surface area contributed by atoms with Crippen molar-refractivity contribution in [3.63, 3.8) is 0 Å². The molecule has 0 bridgehead atoms. The fourth-order valence-corrected chi connectivity index (χ4v) is 4.44. The van der Waals surface area contributed by atoms with Gasteiger partial charge in [-0.2, -0.15) is 0 Å². The Kier molecular flexibility index (Phi) is 8.90. The van der Waals surface area contributed by atoms with Gasteiger partial charge in [-0.15, -0.1) is 0 Å². The average molecular weight is 463 g/mol. The van der Waals surface area contributed by atoms with Crippen molar-refractivity contribution in [2.24, 2.45) is 0 Å². The fourth-order valence-electron chi connectivity index (χ4n) is 4.44. The molecule has 3 N–H and O–H groups in total. The van der Waals surface area contributed by atoms with E-state index < -0.39 is 0 Å². The van der Waals surface area contributed by atoms with Gasteiger partial charge in [0.25, 0.3) is 0 Å². The van der Waals surface area contributed by atoms with Crippen LogP contribution in [0, 0.1) is 0 Å². The van der Waals surface area contributed by atoms with E-state index in [-0.39, 0.29) is 25.2 Å². The fraction of sp³-hybridized carbons (Fsp3) is 0.400. The van der Waals surface area contributed by atoms with E-state index in [0.717, 1.165) is 40.8 Å². The summed E-state index contributed by atoms with van der Waals surface area (Å²) in [6.07, 6.45) is 1.78. The van der Waals surface area contributed by atoms with Gasteiger partial charge in [0.2, 0.25) is 0 Å². The summed E-state index contributed by atoms with van der Waals surface area (Å²) >= 11 is 0. The lowest BCUT2D eigenvalue weighted by Gasteiger charge is -2.26. The first-order valence-corrected chi connectivity index (χ1v) is 12.1. The van der Waals surface area contributed by atoms with Crippen molar-refractivity contribution in [2.45, 2.75) is 71.7 Å². The molecule has 3 rings (SSSR count). The van der Waals surface area contributed by atoms with Gasteiger partial charge in [-0.3, -0.25) is 0 Å². The predicted molar refractivity (Wildman–Crippen MR) is 138 cm³/mol. The molecular weight excluding hydrogens is 424 g/mol. The van der Waals surface area contributed by atoms with Crippen molar-refractivity contribution >= 4 is 0 Å². The molecule has 4 nitrogen and oxygen atoms in total. The lowest BCUT2D eigenvalue weighted by atomic mass is 9.79. The third kappa shape index (κ3) is 6.26. The highest BCUT2D eigenvalue weighted by molar-refractivity contribution is 5.70. The van der Waals surface area contributed by atoms with Gasteiger partial charge in [0.1, 0.15) is 12.4 Å². The van der Waals surface area contributed by atoms with Crippen LogP contribution in [0.4, 0.5) is 0 Å². The molecule has 4 heteroatoms. The summed E-state index contributed by atoms with van der Waals surface area (Å²) in [5.41, 5.74) is 7.23. The van der Waals surface area contributed by atoms with Crippen molar-refractivity contribution in [2.75, 3.05) is 6.61 Å². The molecule has 3 aromatic carbocycles. The van der Waals surface area contributed by atoms with Gasteiger partial charge >= 0.3 is 0 Å². The number of ether oxygens (including phenoxy) is 1. The van der Waals surface area contributed by atoms with Crippen LogP contribution in [-0.2, 0) is 25.2 Å². The highest BCUT2D eigenvalue weighted by atomic mass is 16.5. The first-order valence-electron chi connectivity index (χ1n) is 12.1. The van der Waals surface area contributed by atoms with E-state index in [1.165, 1.54) is 16.7 Å². The molecule has 0 aromatic heterocycles. The second-order valence-electron chi connectivity index (χ2n) is 9.91. The monoisotopic (exact) mass is 462 g/mol. The Labute approximate surface area is 203 Å². The number of aliphatic hydroxyl groups is 3. The van der Waals surface area contributed by atoms with Crippen molar-refractivity contribution < 1.29 is 20.1 Å². The number of hydrogen-bond donors (Lipinski definition) is 3. The van der Waals surface area contributed by atoms with Crippen LogP contribution in [0.25, 0.3) is 11.1 Å². The third-order valence-corrected chi connectivity index (χ3v) is 6.46. The van der Waals surface area contributed by atoms with Crippen LogP contribution in [0.1, 0.15) is 74.3 Å². The van der Waals surface area contributed by atoms with E-state index in [2.05, 4.69) is 58.0 Å². The second kappa shape index (κ2) is 11.7. The van der Waals surface area contributed by atoms with Crippen LogP contribution in [-0.4, -0.2) is 21.9 Å². The van der Waals surface area contributed by atoms with Gasteiger partial charge in [0.15, 0.2) is 0 Å². The van der Waals surface area contributed by atoms with E-state index in [4.69, 9.17) is 4.74 Å². The maximum atomic E-state index is 9.55. The van der Waals surface area contributed by atoms with Crippen molar-refractivity contribution in [3.8, 4) is 16.9 Å². The number of aliphatic hydroxyl groups excluding tert-OH is 3. The minimum Gasteiger partial charge on any atom is -0.489 e. The third-order valence-electron chi connectivity index (χ3n) is 6.46. The van der Waals surface area contributed by atoms with Crippen molar-refractivity contribution in [3.05, 3.63) is 88.5 Å². The van der Waals surface area contributed by atoms with Gasteiger partial charge in [-0.05, 0) is 81.3 Å². The maximum Gasteiger partial charge on any atom is 0.120 e. The molecule has 0 aliphatic carbocycles. The zero-order chi connectivity index (χ0) is 24.7. The SMILES string of the molecule is CCC(CCO)c1ccc(-c2cccc(OCc3ccc(CO)c(CO)c3)c2)c(C(C)(C)C)c1. The van der Waals surface area contributed by atoms with E-state index in [9.17, 15) is 15.3 Å². The Hall–Kier alpha value is -2.66. The number of benzene rings is 3. The standard InChI is InChI=1S/C30H38O4/c1-5-22(13-14-31)23-11-12-28(29(17-23)30(2,3)4)24-7-6-8-27(16-24)34-20-21-9-10-25(18-32)26(15-21)19-33/h6-12,15-17,22,31-33H,5,13-14,18-20H2,1-4H3. The molecule has 1 atom stereocenters. The molecule has 0 heterocycles. The molecule has 0 aliphatic rings. The summed E-state index contributed by atoms with van der Waals surface area (Å²) in [5.74, 6) is 1.14. The summed E-state index contributed by atoms with van der Waals surface area (Å²) in [6, 6.07) is 20.5. The van der Waals surface area contributed by atoms with Gasteiger partial charge in [-0.25, -0.2) is 0 Å². The molecule has 1 unspecified atom stereocenters. The first kappa shape index (κ1) is 26.0. The van der Waals surface area contributed by atoms with Crippen LogP contribution >= 0.6 is 0 Å². The Morgan fingerprint density at radius 1 is 0.853 bits per heavy atom. The molecule has 0 spiro atoms. The van der Waals surface area contributed by atoms with Crippen molar-refractivity contribution in [1.29, 1.82) is 0 Å². The van der Waals surface area contributed by atoms with Crippen LogP contribution in [0.5, 0.6) is 5.75 Å². The zero-order valence-corrected chi connectivity index (χ0v) is 20.8. The number of hydrogen-bond acceptors (Lipinski definition) is 4. The largest absolute Gasteiger partial charge is 0.489 e. The lowest BCUT2D eigenvalue weighted by molar-refractivity contribution is 0.259. The summed E-state index contributed by atoms with van der Waals surface area (Å²) in [5, 5.41) is 28.4. The molecule has 3 aromatic rings. The molecule has 0 saturated carbocycles. The normalized spacial score (nSPS) is 12.6. The zero-order valence-electron chi connectivity index (χ0n) is 20.8. The lowest BCUT2D eigenvalue weighted by Crippen LogP contribution is -2.14. The van der Waals surface area contributed by atoms with Gasteiger partial charge < -0.3 is 20.1 Å². The quantitative estimate of drug-likeness (QED) is 0.341. The highest BCUT2D eigenvalue weighted by Crippen LogP contribution is 2.37. The minimum atomic E-state index is -0.109. The molecule has 0 radical (unpaired) electrons. The average Bonchev–Trinajstić information content (AvgIpc) is 2.85. The smallest absolute Gasteiger partial charge is 0.120 e. The summed E-state index contributed by atoms with van der Waals surface area (Å²) in [6.45, 7) is 9.26. The Bertz CT molecular complexity index is 1080. The minimum absolute atomic E-state index is 0.0329. The topological polar surface area (TPSA) is 69.9 Å². The number of rotatable bonds is 10. The second-order valence-corrected chi connectivity index (χ2v) is 9.91. The van der Waals surface area contributed by atoms with Gasteiger partial charge in [-0.1, -0.05) is 70.2 Å². The Balaban J connectivity index is 1.88. The van der Waals surface area contributed by atoms with E-state index in [1.54, 1.807) is 0 Å². The molecule has 0 fully saturated rings. The van der Waals surface area contributed by atoms with Crippen LogP contribution in [0.15, 0.2) is 60.7 Å². The summed E-state index contributed by atoms with van der Waals surface area (Å²) in [7, 11) is 0. The molecule has 0 amide bonds. The summed E-state index contributed by atoms with van der Waals surface area (Å²) < 4.78 is 6.09. The van der Waals surface area contributed by atoms with Gasteiger partial charge in [0.05, 0.1) is 13.2 Å². The molecular formula is C30H38O4. The Morgan fingerprint density at radius 2 is 1.62 bits per heavy atom. The summed E-state index contributed by atoms with van der Waals surface area (Å²) in [4.78, 5) is 0. The maximum absolute atomic E-state index is 9.55. The van der Waals surface area contributed by atoms with E-state index >= 15 is 0 Å². The molecule has 0 saturated heterocycles. The predicted octanol–water partition coefficient (Wildman–Crippen LogP) is 6.09. The van der Waals surface area contributed by atoms with E-state index in [1.807, 2.05) is 30.3 Å². The highest BCUT2D eigenvalue weighted by Gasteiger charge is 2.21. The molecule has 182 valence electrons. The van der Waals surface area contributed by atoms with Crippen molar-refractivity contribution in [1.82, 2.24) is 0 Å². The van der Waals surface area contributed by atoms with Crippen LogP contribution in [0.2, 0.25) is 0 Å². The van der Waals surface area contributed by atoms with Crippen LogP contribution < -0.4 is 4.74 Å². The molecule has 34 heavy (non-hydrogen) atoms.